The maximum Gasteiger partial charge on any atom is 0.321 e. The van der Waals surface area contributed by atoms with Crippen molar-refractivity contribution in [1.29, 1.82) is 0 Å². The molecule has 0 aliphatic carbocycles. The molecule has 6 nitrogen and oxygen atoms in total. The van der Waals surface area contributed by atoms with Crippen molar-refractivity contribution in [3.05, 3.63) is 24.2 Å². The second-order valence-corrected chi connectivity index (χ2v) is 3.05. The molecule has 0 unspecified atom stereocenters. The van der Waals surface area contributed by atoms with Crippen molar-refractivity contribution < 1.29 is 4.42 Å². The van der Waals surface area contributed by atoms with Crippen LogP contribution >= 0.6 is 11.6 Å². The number of nitrogens with one attached hydrogen (secondary N) is 1. The van der Waals surface area contributed by atoms with E-state index in [1.807, 2.05) is 0 Å². The summed E-state index contributed by atoms with van der Waals surface area (Å²) >= 11 is 5.53. The summed E-state index contributed by atoms with van der Waals surface area (Å²) in [6, 6.07) is 3.79. The minimum absolute atomic E-state index is 0.288. The van der Waals surface area contributed by atoms with Gasteiger partial charge in [0.15, 0.2) is 5.82 Å². The Morgan fingerprint density at radius 2 is 2.27 bits per heavy atom. The zero-order chi connectivity index (χ0) is 10.5. The van der Waals surface area contributed by atoms with Gasteiger partial charge in [-0.1, -0.05) is 5.10 Å². The fourth-order valence-corrected chi connectivity index (χ4v) is 1.13. The van der Waals surface area contributed by atoms with Crippen LogP contribution in [0.15, 0.2) is 22.7 Å². The molecule has 15 heavy (non-hydrogen) atoms. The molecule has 0 radical (unpaired) electrons. The number of aromatic nitrogens is 4. The van der Waals surface area contributed by atoms with E-state index in [0.29, 0.717) is 24.0 Å². The smallest absolute Gasteiger partial charge is 0.321 e. The quantitative estimate of drug-likeness (QED) is 0.793. The van der Waals surface area contributed by atoms with Crippen molar-refractivity contribution in [3.8, 4) is 0 Å². The average Bonchev–Trinajstić information content (AvgIpc) is 2.68. The Kier molecular flexibility index (Phi) is 3.08. The molecule has 0 saturated carbocycles. The predicted octanol–water partition coefficient (Wildman–Crippen LogP) is 1.38. The minimum Gasteiger partial charge on any atom is -0.408 e. The van der Waals surface area contributed by atoms with Crippen LogP contribution < -0.4 is 5.32 Å². The number of rotatable bonds is 4. The van der Waals surface area contributed by atoms with Crippen LogP contribution in [0.1, 0.15) is 5.89 Å². The summed E-state index contributed by atoms with van der Waals surface area (Å²) in [6.07, 6.45) is 2.13. The van der Waals surface area contributed by atoms with Crippen molar-refractivity contribution in [1.82, 2.24) is 20.4 Å². The van der Waals surface area contributed by atoms with Gasteiger partial charge in [0, 0.05) is 18.5 Å². The molecule has 0 saturated heterocycles. The highest BCUT2D eigenvalue weighted by Gasteiger charge is 2.05. The summed E-state index contributed by atoms with van der Waals surface area (Å²) in [7, 11) is 0. The Morgan fingerprint density at radius 1 is 1.33 bits per heavy atom. The van der Waals surface area contributed by atoms with E-state index in [-0.39, 0.29) is 6.01 Å². The number of nitrogens with zero attached hydrogens (tertiary/aromatic N) is 4. The van der Waals surface area contributed by atoms with Gasteiger partial charge in [-0.2, -0.15) is 5.10 Å². The summed E-state index contributed by atoms with van der Waals surface area (Å²) < 4.78 is 5.24. The van der Waals surface area contributed by atoms with Crippen molar-refractivity contribution in [2.24, 2.45) is 0 Å². The second-order valence-electron chi connectivity index (χ2n) is 2.67. The van der Waals surface area contributed by atoms with E-state index in [0.717, 1.165) is 0 Å². The summed E-state index contributed by atoms with van der Waals surface area (Å²) in [6.45, 7) is 0. The lowest BCUT2D eigenvalue weighted by Crippen LogP contribution is -1.94. The largest absolute Gasteiger partial charge is 0.408 e. The Bertz CT molecular complexity index is 418. The molecule has 0 fully saturated rings. The van der Waals surface area contributed by atoms with Gasteiger partial charge >= 0.3 is 6.01 Å². The Balaban J connectivity index is 2.05. The van der Waals surface area contributed by atoms with Crippen LogP contribution in [0.5, 0.6) is 0 Å². The summed E-state index contributed by atoms with van der Waals surface area (Å²) in [5.41, 5.74) is 0. The van der Waals surface area contributed by atoms with Crippen LogP contribution in [0.3, 0.4) is 0 Å². The van der Waals surface area contributed by atoms with E-state index >= 15 is 0 Å². The fraction of sp³-hybridized carbons (Fsp3) is 0.250. The van der Waals surface area contributed by atoms with Crippen LogP contribution in [0.25, 0.3) is 0 Å². The molecule has 0 spiro atoms. The third-order valence-corrected chi connectivity index (χ3v) is 1.77. The zero-order valence-electron chi connectivity index (χ0n) is 7.72. The molecule has 0 atom stereocenters. The molecule has 2 aromatic heterocycles. The molecule has 2 rings (SSSR count). The number of hydrogen-bond donors (Lipinski definition) is 1. The van der Waals surface area contributed by atoms with Crippen LogP contribution in [0, 0.1) is 0 Å². The molecular weight excluding hydrogens is 218 g/mol. The van der Waals surface area contributed by atoms with Crippen LogP contribution in [-0.4, -0.2) is 26.3 Å². The third-order valence-electron chi connectivity index (χ3n) is 1.58. The van der Waals surface area contributed by atoms with Gasteiger partial charge in [-0.3, -0.25) is 5.32 Å². The molecule has 0 bridgehead atoms. The Hall–Kier alpha value is -1.69. The Morgan fingerprint density at radius 3 is 3.00 bits per heavy atom. The number of aryl methyl sites for hydroxylation is 1. The van der Waals surface area contributed by atoms with Crippen molar-refractivity contribution >= 4 is 23.4 Å². The van der Waals surface area contributed by atoms with E-state index < -0.39 is 0 Å². The normalized spacial score (nSPS) is 10.2. The van der Waals surface area contributed by atoms with Crippen LogP contribution in [0.4, 0.5) is 11.8 Å². The number of halogens is 1. The maximum absolute atomic E-state index is 5.53. The molecule has 0 aliphatic heterocycles. The van der Waals surface area contributed by atoms with E-state index in [2.05, 4.69) is 25.7 Å². The highest BCUT2D eigenvalue weighted by atomic mass is 35.5. The molecule has 2 heterocycles. The minimum atomic E-state index is 0.288. The van der Waals surface area contributed by atoms with E-state index in [1.54, 1.807) is 18.3 Å². The first-order valence-electron chi connectivity index (χ1n) is 4.31. The maximum atomic E-state index is 5.53. The number of anilines is 2. The van der Waals surface area contributed by atoms with Gasteiger partial charge in [0.1, 0.15) is 0 Å². The lowest BCUT2D eigenvalue weighted by Gasteiger charge is -1.96. The standard InChI is InChI=1S/C8H8ClN5O/c9-4-3-7-13-14-8(15-7)11-6-2-1-5-10-12-6/h1-2,5H,3-4H2,(H,11,12,14). The van der Waals surface area contributed by atoms with Gasteiger partial charge in [0.2, 0.25) is 5.89 Å². The van der Waals surface area contributed by atoms with Crippen molar-refractivity contribution in [2.45, 2.75) is 6.42 Å². The van der Waals surface area contributed by atoms with E-state index in [9.17, 15) is 0 Å². The van der Waals surface area contributed by atoms with Gasteiger partial charge in [0.25, 0.3) is 0 Å². The van der Waals surface area contributed by atoms with Gasteiger partial charge in [-0.05, 0) is 12.1 Å². The predicted molar refractivity (Wildman–Crippen MR) is 54.0 cm³/mol. The molecule has 0 aliphatic rings. The average molecular weight is 226 g/mol. The van der Waals surface area contributed by atoms with E-state index in [1.165, 1.54) is 0 Å². The second kappa shape index (κ2) is 4.70. The lowest BCUT2D eigenvalue weighted by atomic mass is 10.5. The van der Waals surface area contributed by atoms with Crippen molar-refractivity contribution in [3.63, 3.8) is 0 Å². The first-order chi connectivity index (χ1) is 7.38. The van der Waals surface area contributed by atoms with Gasteiger partial charge in [0.05, 0.1) is 0 Å². The Labute approximate surface area is 90.7 Å². The molecule has 1 N–H and O–H groups in total. The first-order valence-corrected chi connectivity index (χ1v) is 4.85. The first kappa shape index (κ1) is 9.85. The molecule has 0 amide bonds. The third kappa shape index (κ3) is 2.63. The van der Waals surface area contributed by atoms with Crippen LogP contribution in [0.2, 0.25) is 0 Å². The SMILES string of the molecule is ClCCc1nnc(Nc2cccnn2)o1. The van der Waals surface area contributed by atoms with Crippen molar-refractivity contribution in [2.75, 3.05) is 11.2 Å². The van der Waals surface area contributed by atoms with Gasteiger partial charge in [-0.25, -0.2) is 0 Å². The number of hydrogen-bond acceptors (Lipinski definition) is 6. The fourth-order valence-electron chi connectivity index (χ4n) is 0.964. The summed E-state index contributed by atoms with van der Waals surface area (Å²) in [4.78, 5) is 0. The highest BCUT2D eigenvalue weighted by Crippen LogP contribution is 2.11. The highest BCUT2D eigenvalue weighted by molar-refractivity contribution is 6.17. The molecule has 0 aromatic carbocycles. The van der Waals surface area contributed by atoms with Gasteiger partial charge < -0.3 is 4.42 Å². The topological polar surface area (TPSA) is 76.7 Å². The van der Waals surface area contributed by atoms with Gasteiger partial charge in [-0.15, -0.1) is 21.8 Å². The summed E-state index contributed by atoms with van der Waals surface area (Å²) in [5, 5.41) is 17.9. The molecule has 7 heteroatoms. The lowest BCUT2D eigenvalue weighted by molar-refractivity contribution is 0.516. The number of alkyl halides is 1. The summed E-state index contributed by atoms with van der Waals surface area (Å²) in [5.74, 6) is 1.50. The van der Waals surface area contributed by atoms with Crippen LogP contribution in [-0.2, 0) is 6.42 Å². The molecular formula is C8H8ClN5O. The monoisotopic (exact) mass is 225 g/mol. The molecule has 2 aromatic rings. The zero-order valence-corrected chi connectivity index (χ0v) is 8.48. The molecule has 78 valence electrons. The van der Waals surface area contributed by atoms with E-state index in [4.69, 9.17) is 16.0 Å².